The van der Waals surface area contributed by atoms with Gasteiger partial charge in [0.05, 0.1) is 5.52 Å². The molecular formula is C33H30N4O. The molecule has 0 saturated heterocycles. The summed E-state index contributed by atoms with van der Waals surface area (Å²) in [6, 6.07) is 30.7. The van der Waals surface area contributed by atoms with Crippen LogP contribution in [-0.4, -0.2) is 10.9 Å². The van der Waals surface area contributed by atoms with Gasteiger partial charge in [0.25, 0.3) is 5.91 Å². The molecule has 1 aliphatic rings. The molecular weight excluding hydrogens is 468 g/mol. The molecule has 0 aliphatic carbocycles. The molecule has 0 atom stereocenters. The van der Waals surface area contributed by atoms with Crippen LogP contribution < -0.4 is 16.0 Å². The van der Waals surface area contributed by atoms with Crippen molar-refractivity contribution in [2.75, 3.05) is 16.0 Å². The minimum absolute atomic E-state index is 0.147. The van der Waals surface area contributed by atoms with Crippen molar-refractivity contribution in [1.82, 2.24) is 4.98 Å². The monoisotopic (exact) mass is 498 g/mol. The molecule has 6 rings (SSSR count). The molecule has 0 unspecified atom stereocenters. The molecule has 2 heterocycles. The number of hydrogen-bond donors (Lipinski definition) is 2. The van der Waals surface area contributed by atoms with Crippen LogP contribution in [0, 0.1) is 13.8 Å². The van der Waals surface area contributed by atoms with Gasteiger partial charge in [0.2, 0.25) is 0 Å². The maximum absolute atomic E-state index is 13.6. The van der Waals surface area contributed by atoms with Gasteiger partial charge < -0.3 is 16.0 Å². The quantitative estimate of drug-likeness (QED) is 0.277. The first-order valence-corrected chi connectivity index (χ1v) is 13.0. The van der Waals surface area contributed by atoms with Crippen molar-refractivity contribution in [3.63, 3.8) is 0 Å². The molecule has 1 aromatic heterocycles. The fourth-order valence-electron chi connectivity index (χ4n) is 5.38. The van der Waals surface area contributed by atoms with E-state index in [-0.39, 0.29) is 5.91 Å². The number of rotatable bonds is 4. The van der Waals surface area contributed by atoms with E-state index in [9.17, 15) is 4.79 Å². The Morgan fingerprint density at radius 2 is 1.50 bits per heavy atom. The molecule has 0 radical (unpaired) electrons. The van der Waals surface area contributed by atoms with E-state index in [4.69, 9.17) is 5.73 Å². The van der Waals surface area contributed by atoms with E-state index in [0.717, 1.165) is 40.6 Å². The minimum atomic E-state index is -0.147. The Balaban J connectivity index is 1.35. The Bertz CT molecular complexity index is 1640. The first kappa shape index (κ1) is 23.7. The molecule has 3 N–H and O–H groups in total. The van der Waals surface area contributed by atoms with Crippen molar-refractivity contribution in [3.05, 3.63) is 125 Å². The number of nitrogens with one attached hydrogen (secondary N) is 1. The molecule has 0 saturated carbocycles. The lowest BCUT2D eigenvalue weighted by atomic mass is 10.0. The molecule has 1 aliphatic heterocycles. The summed E-state index contributed by atoms with van der Waals surface area (Å²) in [6.07, 6.45) is 1.98. The van der Waals surface area contributed by atoms with Gasteiger partial charge in [-0.25, -0.2) is 0 Å². The van der Waals surface area contributed by atoms with Crippen LogP contribution in [0.4, 0.5) is 22.7 Å². The Labute approximate surface area is 222 Å². The average Bonchev–Trinajstić information content (AvgIpc) is 3.10. The van der Waals surface area contributed by atoms with Gasteiger partial charge in [-0.05, 0) is 85.3 Å². The second-order valence-electron chi connectivity index (χ2n) is 9.92. The van der Waals surface area contributed by atoms with Crippen molar-refractivity contribution in [1.29, 1.82) is 0 Å². The molecule has 5 nitrogen and oxygen atoms in total. The summed E-state index contributed by atoms with van der Waals surface area (Å²) in [7, 11) is 0. The number of carbonyl (C=O) groups is 1. The summed E-state index contributed by atoms with van der Waals surface area (Å²) >= 11 is 0. The summed E-state index contributed by atoms with van der Waals surface area (Å²) in [5.41, 5.74) is 17.1. The summed E-state index contributed by atoms with van der Waals surface area (Å²) in [5, 5.41) is 3.94. The second-order valence-corrected chi connectivity index (χ2v) is 9.92. The van der Waals surface area contributed by atoms with Crippen LogP contribution in [0.25, 0.3) is 10.9 Å². The summed E-state index contributed by atoms with van der Waals surface area (Å²) in [5.74, 6) is -0.147. The van der Waals surface area contributed by atoms with E-state index in [1.165, 1.54) is 22.5 Å². The molecule has 0 bridgehead atoms. The number of anilines is 4. The molecule has 0 spiro atoms. The maximum atomic E-state index is 13.6. The fourth-order valence-corrected chi connectivity index (χ4v) is 5.38. The molecule has 1 amide bonds. The largest absolute Gasteiger partial charge is 0.398 e. The number of nitrogens with zero attached hydrogens (tertiary/aromatic N) is 2. The number of aromatic nitrogens is 1. The lowest BCUT2D eigenvalue weighted by molar-refractivity contribution is 0.102. The van der Waals surface area contributed by atoms with E-state index in [2.05, 4.69) is 63.7 Å². The highest BCUT2D eigenvalue weighted by atomic mass is 16.1. The number of fused-ring (bicyclic) bond motifs is 3. The Hall–Kier alpha value is -4.64. The number of amides is 1. The van der Waals surface area contributed by atoms with Crippen LogP contribution in [0.15, 0.2) is 91.0 Å². The normalized spacial score (nSPS) is 12.5. The third kappa shape index (κ3) is 4.26. The molecule has 5 aromatic rings. The number of aryl methyl sites for hydroxylation is 3. The number of benzene rings is 4. The van der Waals surface area contributed by atoms with E-state index < -0.39 is 0 Å². The van der Waals surface area contributed by atoms with E-state index >= 15 is 0 Å². The highest BCUT2D eigenvalue weighted by molar-refractivity contribution is 6.07. The third-order valence-corrected chi connectivity index (χ3v) is 7.60. The van der Waals surface area contributed by atoms with E-state index in [1.54, 1.807) is 0 Å². The molecule has 188 valence electrons. The van der Waals surface area contributed by atoms with Crippen LogP contribution in [0.1, 0.15) is 38.3 Å². The standard InChI is InChI=1S/C33H30N4O/c1-21-22(2)35-29-18-17-26(19-28(29)32(21)34)36-33(38)27-12-6-3-11-25(27)20-37-30-13-7-4-9-23(30)15-16-24-10-5-8-14-31(24)37/h3-14,17-19H,15-16,20H2,1-2H3,(H2,34,35)(H,36,38). The predicted octanol–water partition coefficient (Wildman–Crippen LogP) is 7.12. The summed E-state index contributed by atoms with van der Waals surface area (Å²) in [6.45, 7) is 4.52. The predicted molar refractivity (Wildman–Crippen MR) is 156 cm³/mol. The fraction of sp³-hybridized carbons (Fsp3) is 0.152. The van der Waals surface area contributed by atoms with Gasteiger partial charge in [0, 0.05) is 45.9 Å². The number of nitrogens with two attached hydrogens (primary N) is 1. The van der Waals surface area contributed by atoms with Gasteiger partial charge in [-0.2, -0.15) is 0 Å². The maximum Gasteiger partial charge on any atom is 0.256 e. The van der Waals surface area contributed by atoms with Gasteiger partial charge in [-0.15, -0.1) is 0 Å². The van der Waals surface area contributed by atoms with Crippen LogP contribution in [-0.2, 0) is 19.4 Å². The van der Waals surface area contributed by atoms with Crippen molar-refractivity contribution in [3.8, 4) is 0 Å². The smallest absolute Gasteiger partial charge is 0.256 e. The number of para-hydroxylation sites is 2. The Kier molecular flexibility index (Phi) is 6.04. The number of nitrogen functional groups attached to an aromatic ring is 1. The van der Waals surface area contributed by atoms with Crippen molar-refractivity contribution < 1.29 is 4.79 Å². The van der Waals surface area contributed by atoms with Crippen molar-refractivity contribution in [2.24, 2.45) is 0 Å². The molecule has 5 heteroatoms. The van der Waals surface area contributed by atoms with Gasteiger partial charge in [-0.1, -0.05) is 54.6 Å². The molecule has 4 aromatic carbocycles. The SMILES string of the molecule is Cc1nc2ccc(NC(=O)c3ccccc3CN3c4ccccc4CCc4ccccc43)cc2c(N)c1C. The topological polar surface area (TPSA) is 71.2 Å². The highest BCUT2D eigenvalue weighted by Gasteiger charge is 2.22. The zero-order chi connectivity index (χ0) is 26.2. The number of hydrogen-bond acceptors (Lipinski definition) is 4. The number of carbonyl (C=O) groups excluding carboxylic acids is 1. The first-order chi connectivity index (χ1) is 18.5. The van der Waals surface area contributed by atoms with Gasteiger partial charge in [0.1, 0.15) is 0 Å². The lowest BCUT2D eigenvalue weighted by Crippen LogP contribution is -2.21. The molecule has 0 fully saturated rings. The van der Waals surface area contributed by atoms with Gasteiger partial charge >= 0.3 is 0 Å². The summed E-state index contributed by atoms with van der Waals surface area (Å²) in [4.78, 5) is 20.6. The van der Waals surface area contributed by atoms with Gasteiger partial charge in [0.15, 0.2) is 0 Å². The van der Waals surface area contributed by atoms with Crippen LogP contribution >= 0.6 is 0 Å². The lowest BCUT2D eigenvalue weighted by Gasteiger charge is -2.28. The zero-order valence-corrected chi connectivity index (χ0v) is 21.7. The summed E-state index contributed by atoms with van der Waals surface area (Å²) < 4.78 is 0. The second kappa shape index (κ2) is 9.67. The minimum Gasteiger partial charge on any atom is -0.398 e. The Morgan fingerprint density at radius 3 is 2.21 bits per heavy atom. The van der Waals surface area contributed by atoms with Crippen LogP contribution in [0.5, 0.6) is 0 Å². The van der Waals surface area contributed by atoms with E-state index in [0.29, 0.717) is 23.5 Å². The average molecular weight is 499 g/mol. The Morgan fingerprint density at radius 1 is 0.868 bits per heavy atom. The third-order valence-electron chi connectivity index (χ3n) is 7.60. The first-order valence-electron chi connectivity index (χ1n) is 13.0. The number of pyridine rings is 1. The van der Waals surface area contributed by atoms with Crippen LogP contribution in [0.3, 0.4) is 0 Å². The van der Waals surface area contributed by atoms with Crippen molar-refractivity contribution >= 4 is 39.6 Å². The molecule has 38 heavy (non-hydrogen) atoms. The van der Waals surface area contributed by atoms with Crippen LogP contribution in [0.2, 0.25) is 0 Å². The van der Waals surface area contributed by atoms with E-state index in [1.807, 2.05) is 56.3 Å². The highest BCUT2D eigenvalue weighted by Crippen LogP contribution is 2.37. The van der Waals surface area contributed by atoms with Crippen molar-refractivity contribution in [2.45, 2.75) is 33.2 Å². The zero-order valence-electron chi connectivity index (χ0n) is 21.7. The van der Waals surface area contributed by atoms with Gasteiger partial charge in [-0.3, -0.25) is 9.78 Å².